The normalized spacial score (nSPS) is 24.6. The lowest BCUT2D eigenvalue weighted by molar-refractivity contribution is 0.125. The van der Waals surface area contributed by atoms with Crippen molar-refractivity contribution < 1.29 is 13.5 Å². The van der Waals surface area contributed by atoms with Gasteiger partial charge in [0.25, 0.3) is 0 Å². The summed E-state index contributed by atoms with van der Waals surface area (Å²) >= 11 is 0. The third kappa shape index (κ3) is 3.90. The average Bonchev–Trinajstić information content (AvgIpc) is 2.37. The minimum absolute atomic E-state index is 0.0193. The van der Waals surface area contributed by atoms with E-state index in [1.165, 1.54) is 12.8 Å². The molecule has 0 radical (unpaired) electrons. The number of likely N-dealkylation sites (N-methyl/N-ethyl adjacent to an activating group) is 1. The van der Waals surface area contributed by atoms with Gasteiger partial charge in [0.2, 0.25) is 0 Å². The van der Waals surface area contributed by atoms with Crippen molar-refractivity contribution in [3.63, 3.8) is 0 Å². The topological polar surface area (TPSA) is 21.3 Å². The molecule has 2 rings (SSSR count). The van der Waals surface area contributed by atoms with Crippen molar-refractivity contribution in [1.82, 2.24) is 5.32 Å². The molecule has 2 atom stereocenters. The maximum Gasteiger partial charge on any atom is 0.165 e. The fourth-order valence-corrected chi connectivity index (χ4v) is 2.65. The maximum absolute atomic E-state index is 13.6. The summed E-state index contributed by atoms with van der Waals surface area (Å²) in [6.45, 7) is 0. The number of halogens is 2. The number of rotatable bonds is 3. The Balaban J connectivity index is 2.10. The summed E-state index contributed by atoms with van der Waals surface area (Å²) in [6, 6.07) is 3.54. The molecule has 0 spiro atoms. The fraction of sp³-hybridized carbons (Fsp3) is 0.600. The van der Waals surface area contributed by atoms with Gasteiger partial charge in [-0.3, -0.25) is 0 Å². The van der Waals surface area contributed by atoms with Crippen LogP contribution in [0.25, 0.3) is 0 Å². The lowest BCUT2D eigenvalue weighted by Crippen LogP contribution is -2.42. The van der Waals surface area contributed by atoms with Gasteiger partial charge in [-0.25, -0.2) is 8.78 Å². The Morgan fingerprint density at radius 1 is 1.11 bits per heavy atom. The first kappa shape index (κ1) is 14.3. The molecule has 2 nitrogen and oxygen atoms in total. The molecule has 0 bridgehead atoms. The van der Waals surface area contributed by atoms with Gasteiger partial charge in [-0.05, 0) is 38.4 Å². The van der Waals surface area contributed by atoms with Gasteiger partial charge in [-0.15, -0.1) is 0 Å². The van der Waals surface area contributed by atoms with Crippen molar-refractivity contribution in [2.24, 2.45) is 0 Å². The molecule has 0 aliphatic heterocycles. The molecule has 0 saturated heterocycles. The predicted octanol–water partition coefficient (Wildman–Crippen LogP) is 3.65. The second-order valence-electron chi connectivity index (χ2n) is 5.12. The first-order valence-electron chi connectivity index (χ1n) is 6.99. The highest BCUT2D eigenvalue weighted by Gasteiger charge is 2.24. The number of benzene rings is 1. The highest BCUT2D eigenvalue weighted by Crippen LogP contribution is 2.25. The van der Waals surface area contributed by atoms with Crippen LogP contribution in [0.3, 0.4) is 0 Å². The van der Waals surface area contributed by atoms with E-state index in [2.05, 4.69) is 5.32 Å². The van der Waals surface area contributed by atoms with Crippen LogP contribution in [-0.2, 0) is 0 Å². The zero-order valence-corrected chi connectivity index (χ0v) is 11.3. The van der Waals surface area contributed by atoms with Crippen LogP contribution in [0.4, 0.5) is 8.78 Å². The van der Waals surface area contributed by atoms with Crippen LogP contribution >= 0.6 is 0 Å². The molecule has 1 saturated carbocycles. The molecular formula is C15H21F2NO. The molecule has 1 aliphatic rings. The standard InChI is InChI=1S/C15H21F2NO/c1-18-13-6-4-2-3-5-7-14(13)19-15-10-11(16)8-9-12(15)17/h8-10,13-14,18H,2-7H2,1H3. The number of ether oxygens (including phenoxy) is 1. The van der Waals surface area contributed by atoms with Crippen LogP contribution in [0.15, 0.2) is 18.2 Å². The lowest BCUT2D eigenvalue weighted by Gasteiger charge is -2.29. The third-order valence-electron chi connectivity index (χ3n) is 3.74. The summed E-state index contributed by atoms with van der Waals surface area (Å²) in [4.78, 5) is 0. The van der Waals surface area contributed by atoms with E-state index < -0.39 is 11.6 Å². The van der Waals surface area contributed by atoms with E-state index in [1.807, 2.05) is 7.05 Å². The molecule has 2 unspecified atom stereocenters. The summed E-state index contributed by atoms with van der Waals surface area (Å²) in [5.74, 6) is -0.951. The van der Waals surface area contributed by atoms with Crippen molar-refractivity contribution in [3.05, 3.63) is 29.8 Å². The van der Waals surface area contributed by atoms with Gasteiger partial charge < -0.3 is 10.1 Å². The van der Waals surface area contributed by atoms with E-state index in [1.54, 1.807) is 0 Å². The summed E-state index contributed by atoms with van der Waals surface area (Å²) in [5, 5.41) is 3.23. The molecular weight excluding hydrogens is 248 g/mol. The zero-order valence-electron chi connectivity index (χ0n) is 11.3. The predicted molar refractivity (Wildman–Crippen MR) is 71.3 cm³/mol. The average molecular weight is 269 g/mol. The lowest BCUT2D eigenvalue weighted by atomic mass is 9.94. The summed E-state index contributed by atoms with van der Waals surface area (Å²) in [7, 11) is 1.89. The number of hydrogen-bond acceptors (Lipinski definition) is 2. The van der Waals surface area contributed by atoms with E-state index in [4.69, 9.17) is 4.74 Å². The molecule has 106 valence electrons. The van der Waals surface area contributed by atoms with Gasteiger partial charge in [-0.2, -0.15) is 0 Å². The van der Waals surface area contributed by atoms with E-state index in [0.29, 0.717) is 0 Å². The first-order chi connectivity index (χ1) is 9.20. The van der Waals surface area contributed by atoms with Gasteiger partial charge in [0, 0.05) is 12.1 Å². The van der Waals surface area contributed by atoms with Crippen molar-refractivity contribution >= 4 is 0 Å². The summed E-state index contributed by atoms with van der Waals surface area (Å²) < 4.78 is 32.5. The quantitative estimate of drug-likeness (QED) is 0.904. The minimum Gasteiger partial charge on any atom is -0.486 e. The van der Waals surface area contributed by atoms with Crippen LogP contribution in [-0.4, -0.2) is 19.2 Å². The highest BCUT2D eigenvalue weighted by molar-refractivity contribution is 5.25. The SMILES string of the molecule is CNC1CCCCCCC1Oc1cc(F)ccc1F. The van der Waals surface area contributed by atoms with Gasteiger partial charge in [0.1, 0.15) is 11.9 Å². The maximum atomic E-state index is 13.6. The number of hydrogen-bond donors (Lipinski definition) is 1. The van der Waals surface area contributed by atoms with E-state index in [-0.39, 0.29) is 17.9 Å². The Kier molecular flexibility index (Phi) is 5.14. The molecule has 1 fully saturated rings. The second kappa shape index (κ2) is 6.85. The molecule has 0 heterocycles. The minimum atomic E-state index is -0.502. The van der Waals surface area contributed by atoms with Crippen LogP contribution in [0.1, 0.15) is 38.5 Å². The Labute approximate surface area is 113 Å². The fourth-order valence-electron chi connectivity index (χ4n) is 2.65. The smallest absolute Gasteiger partial charge is 0.165 e. The van der Waals surface area contributed by atoms with Gasteiger partial charge >= 0.3 is 0 Å². The monoisotopic (exact) mass is 269 g/mol. The van der Waals surface area contributed by atoms with Crippen LogP contribution in [0, 0.1) is 11.6 Å². The molecule has 19 heavy (non-hydrogen) atoms. The van der Waals surface area contributed by atoms with Crippen molar-refractivity contribution in [2.75, 3.05) is 7.05 Å². The third-order valence-corrected chi connectivity index (χ3v) is 3.74. The van der Waals surface area contributed by atoms with Crippen molar-refractivity contribution in [2.45, 2.75) is 50.7 Å². The summed E-state index contributed by atoms with van der Waals surface area (Å²) in [5.41, 5.74) is 0. The largest absolute Gasteiger partial charge is 0.486 e. The second-order valence-corrected chi connectivity index (χ2v) is 5.12. The van der Waals surface area contributed by atoms with Crippen molar-refractivity contribution in [3.8, 4) is 5.75 Å². The van der Waals surface area contributed by atoms with E-state index in [0.717, 1.165) is 43.9 Å². The van der Waals surface area contributed by atoms with E-state index in [9.17, 15) is 8.78 Å². The van der Waals surface area contributed by atoms with Crippen molar-refractivity contribution in [1.29, 1.82) is 0 Å². The van der Waals surface area contributed by atoms with Crippen LogP contribution in [0.5, 0.6) is 5.75 Å². The first-order valence-corrected chi connectivity index (χ1v) is 6.99. The highest BCUT2D eigenvalue weighted by atomic mass is 19.1. The number of nitrogens with one attached hydrogen (secondary N) is 1. The van der Waals surface area contributed by atoms with Gasteiger partial charge in [0.05, 0.1) is 0 Å². The van der Waals surface area contributed by atoms with Crippen LogP contribution in [0.2, 0.25) is 0 Å². The molecule has 1 aromatic rings. The molecule has 0 amide bonds. The summed E-state index contributed by atoms with van der Waals surface area (Å²) in [6.07, 6.45) is 6.43. The van der Waals surface area contributed by atoms with Crippen LogP contribution < -0.4 is 10.1 Å². The molecule has 1 aromatic carbocycles. The van der Waals surface area contributed by atoms with Gasteiger partial charge in [0.15, 0.2) is 11.6 Å². The molecule has 1 aliphatic carbocycles. The Morgan fingerprint density at radius 3 is 2.58 bits per heavy atom. The Hall–Kier alpha value is -1.16. The molecule has 4 heteroatoms. The molecule has 0 aromatic heterocycles. The molecule has 1 N–H and O–H groups in total. The Morgan fingerprint density at radius 2 is 1.84 bits per heavy atom. The Bertz CT molecular complexity index is 411. The van der Waals surface area contributed by atoms with E-state index >= 15 is 0 Å². The van der Waals surface area contributed by atoms with Gasteiger partial charge in [-0.1, -0.05) is 19.3 Å². The zero-order chi connectivity index (χ0) is 13.7.